The van der Waals surface area contributed by atoms with Crippen LogP contribution in [0, 0.1) is 0 Å². The molecule has 1 saturated heterocycles. The summed E-state index contributed by atoms with van der Waals surface area (Å²) in [5.41, 5.74) is -0.581. The smallest absolute Gasteiger partial charge is 0.329 e. The highest BCUT2D eigenvalue weighted by molar-refractivity contribution is 5.78. The van der Waals surface area contributed by atoms with E-state index in [2.05, 4.69) is 10.2 Å². The van der Waals surface area contributed by atoms with Gasteiger partial charge in [0.25, 0.3) is 0 Å². The monoisotopic (exact) mass is 328 g/mol. The molecule has 1 rings (SSSR count). The van der Waals surface area contributed by atoms with E-state index in [1.165, 1.54) is 6.92 Å². The van der Waals surface area contributed by atoms with Gasteiger partial charge in [-0.2, -0.15) is 0 Å². The maximum Gasteiger partial charge on any atom is 0.329 e. The summed E-state index contributed by atoms with van der Waals surface area (Å²) < 4.78 is 10.5. The van der Waals surface area contributed by atoms with Crippen LogP contribution in [0.5, 0.6) is 0 Å². The maximum absolute atomic E-state index is 12.1. The van der Waals surface area contributed by atoms with E-state index in [-0.39, 0.29) is 12.1 Å². The molecular weight excluding hydrogens is 300 g/mol. The fourth-order valence-corrected chi connectivity index (χ4v) is 2.52. The Bertz CT molecular complexity index is 411. The van der Waals surface area contributed by atoms with E-state index >= 15 is 0 Å². The molecule has 0 saturated carbocycles. The van der Waals surface area contributed by atoms with E-state index in [4.69, 9.17) is 9.47 Å². The molecule has 1 atom stereocenters. The van der Waals surface area contributed by atoms with Crippen LogP contribution in [0.15, 0.2) is 0 Å². The molecule has 0 radical (unpaired) electrons. The van der Waals surface area contributed by atoms with Crippen molar-refractivity contribution < 1.29 is 23.9 Å². The molecule has 1 aliphatic rings. The molecule has 1 N–H and O–H groups in total. The van der Waals surface area contributed by atoms with Crippen molar-refractivity contribution in [1.82, 2.24) is 10.2 Å². The summed E-state index contributed by atoms with van der Waals surface area (Å²) in [6.07, 6.45) is 2.58. The predicted molar refractivity (Wildman–Crippen MR) is 84.7 cm³/mol. The molecule has 0 spiro atoms. The molecule has 1 unspecified atom stereocenters. The highest BCUT2D eigenvalue weighted by atomic mass is 16.6. The van der Waals surface area contributed by atoms with Crippen LogP contribution >= 0.6 is 0 Å². The number of nitrogens with one attached hydrogen (secondary N) is 1. The lowest BCUT2D eigenvalue weighted by Gasteiger charge is -2.32. The van der Waals surface area contributed by atoms with Crippen molar-refractivity contribution in [1.29, 1.82) is 0 Å². The van der Waals surface area contributed by atoms with E-state index < -0.39 is 17.6 Å². The molecule has 0 aromatic rings. The Morgan fingerprint density at radius 2 is 1.91 bits per heavy atom. The fourth-order valence-electron chi connectivity index (χ4n) is 2.52. The summed E-state index contributed by atoms with van der Waals surface area (Å²) in [4.78, 5) is 35.9. The topological polar surface area (TPSA) is 84.9 Å². The minimum atomic E-state index is -0.641. The molecule has 7 nitrogen and oxygen atoms in total. The van der Waals surface area contributed by atoms with Crippen molar-refractivity contribution in [3.63, 3.8) is 0 Å². The lowest BCUT2D eigenvalue weighted by atomic mass is 10.1. The molecule has 0 bridgehead atoms. The number of hydrogen-bond donors (Lipinski definition) is 1. The molecule has 1 aliphatic heterocycles. The van der Waals surface area contributed by atoms with E-state index in [9.17, 15) is 14.4 Å². The molecule has 23 heavy (non-hydrogen) atoms. The minimum absolute atomic E-state index is 0.0153. The molecule has 1 amide bonds. The molecule has 1 heterocycles. The second kappa shape index (κ2) is 8.86. The van der Waals surface area contributed by atoms with Crippen LogP contribution in [0.25, 0.3) is 0 Å². The lowest BCUT2D eigenvalue weighted by Crippen LogP contribution is -2.44. The van der Waals surface area contributed by atoms with Crippen molar-refractivity contribution in [2.45, 2.75) is 64.7 Å². The molecule has 0 aromatic carbocycles. The van der Waals surface area contributed by atoms with Crippen LogP contribution < -0.4 is 5.32 Å². The third-order valence-corrected chi connectivity index (χ3v) is 3.56. The van der Waals surface area contributed by atoms with E-state index in [1.54, 1.807) is 20.8 Å². The van der Waals surface area contributed by atoms with Crippen LogP contribution in [-0.4, -0.2) is 60.6 Å². The van der Waals surface area contributed by atoms with Gasteiger partial charge in [-0.15, -0.1) is 0 Å². The van der Waals surface area contributed by atoms with E-state index in [0.717, 1.165) is 25.9 Å². The third-order valence-electron chi connectivity index (χ3n) is 3.56. The Morgan fingerprint density at radius 3 is 2.39 bits per heavy atom. The molecule has 1 fully saturated rings. The zero-order valence-electron chi connectivity index (χ0n) is 14.5. The molecular formula is C16H28N2O5. The van der Waals surface area contributed by atoms with Crippen LogP contribution in [-0.2, 0) is 23.9 Å². The van der Waals surface area contributed by atoms with Crippen LogP contribution in [0.2, 0.25) is 0 Å². The van der Waals surface area contributed by atoms with Gasteiger partial charge >= 0.3 is 11.9 Å². The maximum atomic E-state index is 12.1. The summed E-state index contributed by atoms with van der Waals surface area (Å²) >= 11 is 0. The average molecular weight is 328 g/mol. The number of ether oxygens (including phenoxy) is 2. The van der Waals surface area contributed by atoms with Gasteiger partial charge in [-0.1, -0.05) is 0 Å². The van der Waals surface area contributed by atoms with Gasteiger partial charge in [-0.25, -0.2) is 4.79 Å². The summed E-state index contributed by atoms with van der Waals surface area (Å²) in [6.45, 7) is 9.09. The predicted octanol–water partition coefficient (Wildman–Crippen LogP) is 0.860. The number of likely N-dealkylation sites (tertiary alicyclic amines) is 1. The van der Waals surface area contributed by atoms with Gasteiger partial charge in [0, 0.05) is 26.6 Å². The van der Waals surface area contributed by atoms with Gasteiger partial charge in [-0.3, -0.25) is 9.59 Å². The second-order valence-corrected chi connectivity index (χ2v) is 6.81. The average Bonchev–Trinajstić information content (AvgIpc) is 2.42. The number of amides is 1. The van der Waals surface area contributed by atoms with E-state index in [1.807, 2.05) is 0 Å². The zero-order chi connectivity index (χ0) is 17.5. The molecule has 132 valence electrons. The number of carbonyl (C=O) groups is 3. The number of hydrogen-bond acceptors (Lipinski definition) is 6. The summed E-state index contributed by atoms with van der Waals surface area (Å²) in [7, 11) is 0. The number of piperidine rings is 1. The highest BCUT2D eigenvalue weighted by Crippen LogP contribution is 2.15. The Balaban J connectivity index is 2.40. The Hall–Kier alpha value is -1.63. The number of carbonyl (C=O) groups excluding carboxylic acids is 3. The first kappa shape index (κ1) is 19.4. The van der Waals surface area contributed by atoms with Gasteiger partial charge in [-0.05, 0) is 40.0 Å². The van der Waals surface area contributed by atoms with Crippen molar-refractivity contribution in [2.75, 3.05) is 19.6 Å². The van der Waals surface area contributed by atoms with Gasteiger partial charge in [0.1, 0.15) is 17.7 Å². The fraction of sp³-hybridized carbons (Fsp3) is 0.812. The van der Waals surface area contributed by atoms with Gasteiger partial charge in [0.05, 0.1) is 0 Å². The number of esters is 2. The second-order valence-electron chi connectivity index (χ2n) is 6.81. The summed E-state index contributed by atoms with van der Waals surface area (Å²) in [5, 5.41) is 2.53. The standard InChI is InChI=1S/C16H28N2O5/c1-12(20)22-13-5-8-18(9-6-13)10-7-14(17-11-19)15(21)23-16(2,3)4/h11,13-14H,5-10H2,1-4H3,(H,17,19). The van der Waals surface area contributed by atoms with Crippen molar-refractivity contribution in [2.24, 2.45) is 0 Å². The van der Waals surface area contributed by atoms with Crippen LogP contribution in [0.4, 0.5) is 0 Å². The lowest BCUT2D eigenvalue weighted by molar-refractivity contribution is -0.158. The summed E-state index contributed by atoms with van der Waals surface area (Å²) in [5.74, 6) is -0.664. The Kier molecular flexibility index (Phi) is 7.48. The number of nitrogens with zero attached hydrogens (tertiary/aromatic N) is 1. The van der Waals surface area contributed by atoms with Crippen molar-refractivity contribution in [3.8, 4) is 0 Å². The van der Waals surface area contributed by atoms with Gasteiger partial charge < -0.3 is 19.7 Å². The first-order chi connectivity index (χ1) is 10.7. The van der Waals surface area contributed by atoms with Gasteiger partial charge in [0.2, 0.25) is 6.41 Å². The normalized spacial score (nSPS) is 18.1. The minimum Gasteiger partial charge on any atom is -0.462 e. The molecule has 0 aromatic heterocycles. The quantitative estimate of drug-likeness (QED) is 0.551. The first-order valence-corrected chi connectivity index (χ1v) is 8.03. The SMILES string of the molecule is CC(=O)OC1CCN(CCC(NC=O)C(=O)OC(C)(C)C)CC1. The summed E-state index contributed by atoms with van der Waals surface area (Å²) in [6, 6.07) is -0.641. The molecule has 7 heteroatoms. The van der Waals surface area contributed by atoms with Crippen molar-refractivity contribution in [3.05, 3.63) is 0 Å². The first-order valence-electron chi connectivity index (χ1n) is 8.03. The van der Waals surface area contributed by atoms with Crippen LogP contribution in [0.3, 0.4) is 0 Å². The largest absolute Gasteiger partial charge is 0.462 e. The Morgan fingerprint density at radius 1 is 1.30 bits per heavy atom. The third kappa shape index (κ3) is 7.97. The van der Waals surface area contributed by atoms with Gasteiger partial charge in [0.15, 0.2) is 0 Å². The highest BCUT2D eigenvalue weighted by Gasteiger charge is 2.27. The zero-order valence-corrected chi connectivity index (χ0v) is 14.5. The van der Waals surface area contributed by atoms with E-state index in [0.29, 0.717) is 19.4 Å². The Labute approximate surface area is 137 Å². The molecule has 0 aliphatic carbocycles. The van der Waals surface area contributed by atoms with Crippen molar-refractivity contribution >= 4 is 18.3 Å². The number of rotatable bonds is 7. The van der Waals surface area contributed by atoms with Crippen LogP contribution in [0.1, 0.15) is 47.0 Å².